The van der Waals surface area contributed by atoms with E-state index in [1.54, 1.807) is 12.0 Å². The van der Waals surface area contributed by atoms with Crippen LogP contribution in [0.25, 0.3) is 5.69 Å². The molecule has 0 spiro atoms. The van der Waals surface area contributed by atoms with Crippen molar-refractivity contribution in [1.82, 2.24) is 9.47 Å². The predicted octanol–water partition coefficient (Wildman–Crippen LogP) is 3.80. The highest BCUT2D eigenvalue weighted by molar-refractivity contribution is 5.94. The molecule has 0 bridgehead atoms. The molecule has 1 aromatic heterocycles. The fourth-order valence-corrected chi connectivity index (χ4v) is 2.83. The topological polar surface area (TPSA) is 34.5 Å². The van der Waals surface area contributed by atoms with Gasteiger partial charge in [0.25, 0.3) is 5.91 Å². The first-order valence-electron chi connectivity index (χ1n) is 8.30. The van der Waals surface area contributed by atoms with Gasteiger partial charge in [-0.3, -0.25) is 4.79 Å². The smallest absolute Gasteiger partial charge is 0.253 e. The summed E-state index contributed by atoms with van der Waals surface area (Å²) in [5.41, 5.74) is 2.77. The van der Waals surface area contributed by atoms with Crippen LogP contribution in [-0.4, -0.2) is 36.1 Å². The molecular weight excluding hydrogens is 312 g/mol. The maximum absolute atomic E-state index is 12.7. The van der Waals surface area contributed by atoms with Gasteiger partial charge in [0.15, 0.2) is 0 Å². The van der Waals surface area contributed by atoms with Crippen molar-refractivity contribution in [3.63, 3.8) is 0 Å². The van der Waals surface area contributed by atoms with E-state index in [0.29, 0.717) is 12.1 Å². The van der Waals surface area contributed by atoms with Gasteiger partial charge in [0.1, 0.15) is 5.75 Å². The lowest BCUT2D eigenvalue weighted by Crippen LogP contribution is -2.29. The first-order valence-corrected chi connectivity index (χ1v) is 8.30. The number of carbonyl (C=O) groups is 1. The molecule has 0 saturated carbocycles. The van der Waals surface area contributed by atoms with Crippen LogP contribution in [0.2, 0.25) is 0 Å². The molecule has 3 rings (SSSR count). The zero-order valence-corrected chi connectivity index (χ0v) is 14.6. The van der Waals surface area contributed by atoms with Crippen molar-refractivity contribution in [3.8, 4) is 11.4 Å². The maximum atomic E-state index is 12.7. The third-order valence-corrected chi connectivity index (χ3v) is 4.25. The number of likely N-dealkylation sites (N-methyl/N-ethyl adjacent to an activating group) is 1. The van der Waals surface area contributed by atoms with Crippen LogP contribution >= 0.6 is 0 Å². The number of benzene rings is 2. The lowest BCUT2D eigenvalue weighted by molar-refractivity contribution is 0.0796. The molecule has 2 aromatic carbocycles. The largest absolute Gasteiger partial charge is 0.496 e. The first kappa shape index (κ1) is 16.8. The molecule has 0 aliphatic rings. The average Bonchev–Trinajstić information content (AvgIpc) is 3.20. The molecule has 0 fully saturated rings. The number of aromatic nitrogens is 1. The van der Waals surface area contributed by atoms with Crippen molar-refractivity contribution in [3.05, 3.63) is 84.2 Å². The van der Waals surface area contributed by atoms with Crippen molar-refractivity contribution in [2.45, 2.75) is 6.42 Å². The third kappa shape index (κ3) is 3.91. The van der Waals surface area contributed by atoms with E-state index in [1.807, 2.05) is 84.7 Å². The van der Waals surface area contributed by atoms with Gasteiger partial charge in [0, 0.05) is 37.2 Å². The Bertz CT molecular complexity index is 841. The minimum atomic E-state index is 0.0175. The highest BCUT2D eigenvalue weighted by Gasteiger charge is 2.13. The van der Waals surface area contributed by atoms with Gasteiger partial charge in [-0.05, 0) is 48.4 Å². The summed E-state index contributed by atoms with van der Waals surface area (Å²) in [5, 5.41) is 0. The second-order valence-electron chi connectivity index (χ2n) is 5.93. The van der Waals surface area contributed by atoms with Crippen LogP contribution < -0.4 is 4.74 Å². The SMILES string of the molecule is COc1ccccc1CCN(C)C(=O)c1cccc(-n2cccc2)c1. The van der Waals surface area contributed by atoms with Crippen LogP contribution in [0.3, 0.4) is 0 Å². The number of nitrogens with zero attached hydrogens (tertiary/aromatic N) is 2. The summed E-state index contributed by atoms with van der Waals surface area (Å²) in [7, 11) is 3.50. The first-order chi connectivity index (χ1) is 12.2. The van der Waals surface area contributed by atoms with Gasteiger partial charge in [-0.15, -0.1) is 0 Å². The summed E-state index contributed by atoms with van der Waals surface area (Å²) < 4.78 is 7.37. The lowest BCUT2D eigenvalue weighted by Gasteiger charge is -2.18. The minimum Gasteiger partial charge on any atom is -0.496 e. The molecule has 0 radical (unpaired) electrons. The normalized spacial score (nSPS) is 10.5. The predicted molar refractivity (Wildman–Crippen MR) is 99.4 cm³/mol. The zero-order chi connectivity index (χ0) is 17.6. The Labute approximate surface area is 148 Å². The fraction of sp³-hybridized carbons (Fsp3) is 0.190. The number of carbonyl (C=O) groups excluding carboxylic acids is 1. The number of para-hydroxylation sites is 1. The van der Waals surface area contributed by atoms with Gasteiger partial charge in [-0.1, -0.05) is 24.3 Å². The Hall–Kier alpha value is -3.01. The standard InChI is InChI=1S/C21H22N2O2/c1-22(15-12-17-8-3-4-11-20(17)25-2)21(24)18-9-7-10-19(16-18)23-13-5-6-14-23/h3-11,13-14,16H,12,15H2,1-2H3. The molecular formula is C21H22N2O2. The second kappa shape index (κ2) is 7.71. The summed E-state index contributed by atoms with van der Waals surface area (Å²) in [5.74, 6) is 0.877. The highest BCUT2D eigenvalue weighted by Crippen LogP contribution is 2.18. The van der Waals surface area contributed by atoms with E-state index in [-0.39, 0.29) is 5.91 Å². The zero-order valence-electron chi connectivity index (χ0n) is 14.6. The van der Waals surface area contributed by atoms with Crippen LogP contribution in [-0.2, 0) is 6.42 Å². The van der Waals surface area contributed by atoms with Crippen LogP contribution in [0.5, 0.6) is 5.75 Å². The highest BCUT2D eigenvalue weighted by atomic mass is 16.5. The van der Waals surface area contributed by atoms with Crippen LogP contribution in [0.1, 0.15) is 15.9 Å². The summed E-state index contributed by atoms with van der Waals surface area (Å²) >= 11 is 0. The molecule has 3 aromatic rings. The summed E-state index contributed by atoms with van der Waals surface area (Å²) in [4.78, 5) is 14.5. The number of hydrogen-bond donors (Lipinski definition) is 0. The number of ether oxygens (including phenoxy) is 1. The van der Waals surface area contributed by atoms with E-state index in [2.05, 4.69) is 0 Å². The molecule has 4 nitrogen and oxygen atoms in total. The lowest BCUT2D eigenvalue weighted by atomic mass is 10.1. The summed E-state index contributed by atoms with van der Waals surface area (Å²) in [6.07, 6.45) is 4.69. The van der Waals surface area contributed by atoms with E-state index in [9.17, 15) is 4.79 Å². The average molecular weight is 334 g/mol. The molecule has 1 heterocycles. The maximum Gasteiger partial charge on any atom is 0.253 e. The molecule has 0 aliphatic heterocycles. The molecule has 128 valence electrons. The quantitative estimate of drug-likeness (QED) is 0.687. The van der Waals surface area contributed by atoms with E-state index in [0.717, 1.165) is 23.4 Å². The van der Waals surface area contributed by atoms with Crippen LogP contribution in [0.4, 0.5) is 0 Å². The van der Waals surface area contributed by atoms with E-state index in [1.165, 1.54) is 0 Å². The number of amides is 1. The Kier molecular flexibility index (Phi) is 5.19. The van der Waals surface area contributed by atoms with Crippen LogP contribution in [0, 0.1) is 0 Å². The number of methoxy groups -OCH3 is 1. The molecule has 0 aliphatic carbocycles. The third-order valence-electron chi connectivity index (χ3n) is 4.25. The van der Waals surface area contributed by atoms with Crippen molar-refractivity contribution >= 4 is 5.91 Å². The number of rotatable bonds is 6. The van der Waals surface area contributed by atoms with Gasteiger partial charge >= 0.3 is 0 Å². The van der Waals surface area contributed by atoms with Crippen molar-refractivity contribution in [1.29, 1.82) is 0 Å². The van der Waals surface area contributed by atoms with E-state index >= 15 is 0 Å². The van der Waals surface area contributed by atoms with Crippen molar-refractivity contribution in [2.75, 3.05) is 20.7 Å². The fourth-order valence-electron chi connectivity index (χ4n) is 2.83. The van der Waals surface area contributed by atoms with Gasteiger partial charge in [-0.2, -0.15) is 0 Å². The Balaban J connectivity index is 1.69. The molecule has 0 N–H and O–H groups in total. The molecule has 1 amide bonds. The monoisotopic (exact) mass is 334 g/mol. The number of hydrogen-bond acceptors (Lipinski definition) is 2. The van der Waals surface area contributed by atoms with Gasteiger partial charge < -0.3 is 14.2 Å². The summed E-state index contributed by atoms with van der Waals surface area (Å²) in [6, 6.07) is 19.5. The van der Waals surface area contributed by atoms with Gasteiger partial charge in [0.2, 0.25) is 0 Å². The van der Waals surface area contributed by atoms with Crippen molar-refractivity contribution in [2.24, 2.45) is 0 Å². The van der Waals surface area contributed by atoms with E-state index in [4.69, 9.17) is 4.74 Å². The second-order valence-corrected chi connectivity index (χ2v) is 5.93. The molecule has 0 unspecified atom stereocenters. The Morgan fingerprint density at radius 2 is 1.80 bits per heavy atom. The van der Waals surface area contributed by atoms with Gasteiger partial charge in [0.05, 0.1) is 7.11 Å². The van der Waals surface area contributed by atoms with Gasteiger partial charge in [-0.25, -0.2) is 0 Å². The van der Waals surface area contributed by atoms with Crippen LogP contribution in [0.15, 0.2) is 73.1 Å². The molecule has 25 heavy (non-hydrogen) atoms. The Morgan fingerprint density at radius 1 is 1.04 bits per heavy atom. The molecule has 0 atom stereocenters. The van der Waals surface area contributed by atoms with E-state index < -0.39 is 0 Å². The van der Waals surface area contributed by atoms with Crippen molar-refractivity contribution < 1.29 is 9.53 Å². The minimum absolute atomic E-state index is 0.0175. The molecule has 0 saturated heterocycles. The molecule has 4 heteroatoms. The Morgan fingerprint density at radius 3 is 2.56 bits per heavy atom. The summed E-state index contributed by atoms with van der Waals surface area (Å²) in [6.45, 7) is 0.632.